The van der Waals surface area contributed by atoms with Crippen LogP contribution in [0.3, 0.4) is 0 Å². The molecule has 0 saturated heterocycles. The summed E-state index contributed by atoms with van der Waals surface area (Å²) in [7, 11) is 0. The number of nitrogens with zero attached hydrogens (tertiary/aromatic N) is 3. The van der Waals surface area contributed by atoms with Gasteiger partial charge in [0.15, 0.2) is 5.82 Å². The highest BCUT2D eigenvalue weighted by atomic mass is 19.1. The molecule has 1 aromatic carbocycles. The molecular formula is C18H21FN4O3. The Morgan fingerprint density at radius 1 is 1.31 bits per heavy atom. The Hall–Kier alpha value is -3.03. The summed E-state index contributed by atoms with van der Waals surface area (Å²) in [5.74, 6) is -2.64. The lowest BCUT2D eigenvalue weighted by molar-refractivity contribution is 0.0691. The molecule has 0 saturated carbocycles. The summed E-state index contributed by atoms with van der Waals surface area (Å²) in [6.45, 7) is 8.33. The second kappa shape index (κ2) is 7.90. The summed E-state index contributed by atoms with van der Waals surface area (Å²) in [6, 6.07) is 5.41. The highest BCUT2D eigenvalue weighted by Crippen LogP contribution is 2.20. The van der Waals surface area contributed by atoms with Crippen LogP contribution in [0.15, 0.2) is 24.3 Å². The van der Waals surface area contributed by atoms with Crippen molar-refractivity contribution in [2.45, 2.75) is 33.7 Å². The van der Waals surface area contributed by atoms with Crippen molar-refractivity contribution in [2.24, 2.45) is 0 Å². The van der Waals surface area contributed by atoms with Gasteiger partial charge in [0.25, 0.3) is 5.91 Å². The molecule has 7 nitrogen and oxygen atoms in total. The molecule has 0 unspecified atom stereocenters. The number of nitrogens with one attached hydrogen (secondary N) is 1. The second-order valence-electron chi connectivity index (χ2n) is 6.00. The molecular weight excluding hydrogens is 339 g/mol. The lowest BCUT2D eigenvalue weighted by atomic mass is 10.2. The maximum Gasteiger partial charge on any atom is 0.338 e. The molecule has 0 spiro atoms. The molecule has 2 N–H and O–H groups in total. The maximum atomic E-state index is 14.2. The largest absolute Gasteiger partial charge is 0.478 e. The predicted octanol–water partition coefficient (Wildman–Crippen LogP) is 3.11. The normalized spacial score (nSPS) is 10.7. The molecule has 2 aromatic rings. The SMILES string of the molecule is CCN(c1nc(C)cc(C(=O)Nc2cccc(C(=O)O)c2F)n1)C(C)C. The summed E-state index contributed by atoms with van der Waals surface area (Å²) >= 11 is 0. The van der Waals surface area contributed by atoms with Crippen LogP contribution in [0.1, 0.15) is 47.3 Å². The standard InChI is InChI=1S/C18H21FN4O3/c1-5-23(10(2)3)18-20-11(4)9-14(22-18)16(24)21-13-8-6-7-12(15(13)19)17(25)26/h6-10H,5H2,1-4H3,(H,21,24)(H,25,26). The third-order valence-electron chi connectivity index (χ3n) is 3.77. The van der Waals surface area contributed by atoms with Crippen LogP contribution < -0.4 is 10.2 Å². The Kier molecular flexibility index (Phi) is 5.86. The number of halogens is 1. The Morgan fingerprint density at radius 3 is 2.58 bits per heavy atom. The highest BCUT2D eigenvalue weighted by molar-refractivity contribution is 6.03. The minimum absolute atomic E-state index is 0.0757. The Morgan fingerprint density at radius 2 is 2.00 bits per heavy atom. The fraction of sp³-hybridized carbons (Fsp3) is 0.333. The van der Waals surface area contributed by atoms with Gasteiger partial charge >= 0.3 is 5.97 Å². The monoisotopic (exact) mass is 360 g/mol. The molecule has 138 valence electrons. The Balaban J connectivity index is 2.35. The summed E-state index contributed by atoms with van der Waals surface area (Å²) in [6.07, 6.45) is 0. The first-order chi connectivity index (χ1) is 12.2. The molecule has 0 aliphatic heterocycles. The summed E-state index contributed by atoms with van der Waals surface area (Å²) < 4.78 is 14.2. The van der Waals surface area contributed by atoms with Crippen LogP contribution >= 0.6 is 0 Å². The van der Waals surface area contributed by atoms with Gasteiger partial charge in [0.1, 0.15) is 5.69 Å². The molecule has 0 radical (unpaired) electrons. The van der Waals surface area contributed by atoms with E-state index in [-0.39, 0.29) is 17.4 Å². The minimum atomic E-state index is -1.41. The number of hydrogen-bond donors (Lipinski definition) is 2. The number of anilines is 2. The van der Waals surface area contributed by atoms with Crippen molar-refractivity contribution < 1.29 is 19.1 Å². The minimum Gasteiger partial charge on any atom is -0.478 e. The van der Waals surface area contributed by atoms with Crippen LogP contribution in [0.2, 0.25) is 0 Å². The van der Waals surface area contributed by atoms with Crippen LogP contribution in [0, 0.1) is 12.7 Å². The number of aromatic carboxylic acids is 1. The van der Waals surface area contributed by atoms with E-state index in [0.717, 1.165) is 6.07 Å². The molecule has 0 fully saturated rings. The van der Waals surface area contributed by atoms with E-state index in [1.54, 1.807) is 6.92 Å². The van der Waals surface area contributed by atoms with Crippen LogP contribution in [-0.4, -0.2) is 39.5 Å². The Bertz CT molecular complexity index is 839. The van der Waals surface area contributed by atoms with Crippen LogP contribution in [0.5, 0.6) is 0 Å². The summed E-state index contributed by atoms with van der Waals surface area (Å²) in [5.41, 5.74) is -0.0611. The fourth-order valence-corrected chi connectivity index (χ4v) is 2.52. The predicted molar refractivity (Wildman–Crippen MR) is 96.2 cm³/mol. The quantitative estimate of drug-likeness (QED) is 0.822. The van der Waals surface area contributed by atoms with Gasteiger partial charge < -0.3 is 15.3 Å². The lowest BCUT2D eigenvalue weighted by Crippen LogP contribution is -2.32. The molecule has 0 aliphatic rings. The molecule has 1 amide bonds. The average Bonchev–Trinajstić information content (AvgIpc) is 2.56. The highest BCUT2D eigenvalue weighted by Gasteiger charge is 2.19. The number of amides is 1. The van der Waals surface area contributed by atoms with E-state index in [2.05, 4.69) is 15.3 Å². The van der Waals surface area contributed by atoms with Crippen LogP contribution in [-0.2, 0) is 0 Å². The van der Waals surface area contributed by atoms with Gasteiger partial charge in [-0.25, -0.2) is 19.2 Å². The number of aromatic nitrogens is 2. The summed E-state index contributed by atoms with van der Waals surface area (Å²) in [4.78, 5) is 34.1. The number of carbonyl (C=O) groups is 2. The molecule has 1 heterocycles. The zero-order chi connectivity index (χ0) is 19.4. The van der Waals surface area contributed by atoms with Crippen molar-refractivity contribution in [2.75, 3.05) is 16.8 Å². The van der Waals surface area contributed by atoms with E-state index in [9.17, 15) is 14.0 Å². The van der Waals surface area contributed by atoms with E-state index >= 15 is 0 Å². The molecule has 0 aliphatic carbocycles. The first-order valence-corrected chi connectivity index (χ1v) is 8.20. The van der Waals surface area contributed by atoms with Gasteiger partial charge in [-0.2, -0.15) is 0 Å². The molecule has 8 heteroatoms. The number of carbonyl (C=O) groups excluding carboxylic acids is 1. The zero-order valence-electron chi connectivity index (χ0n) is 15.1. The molecule has 0 atom stereocenters. The van der Waals surface area contributed by atoms with Crippen molar-refractivity contribution >= 4 is 23.5 Å². The molecule has 1 aromatic heterocycles. The third kappa shape index (κ3) is 4.14. The third-order valence-corrected chi connectivity index (χ3v) is 3.77. The molecule has 26 heavy (non-hydrogen) atoms. The average molecular weight is 360 g/mol. The summed E-state index contributed by atoms with van der Waals surface area (Å²) in [5, 5.41) is 11.4. The number of carboxylic acid groups (broad SMARTS) is 1. The van der Waals surface area contributed by atoms with Gasteiger partial charge in [0.2, 0.25) is 5.95 Å². The van der Waals surface area contributed by atoms with E-state index in [1.165, 1.54) is 18.2 Å². The van der Waals surface area contributed by atoms with Crippen molar-refractivity contribution in [3.8, 4) is 0 Å². The van der Waals surface area contributed by atoms with Gasteiger partial charge in [-0.3, -0.25) is 4.79 Å². The van der Waals surface area contributed by atoms with Gasteiger partial charge in [-0.05, 0) is 45.9 Å². The van der Waals surface area contributed by atoms with Crippen molar-refractivity contribution in [1.29, 1.82) is 0 Å². The van der Waals surface area contributed by atoms with Gasteiger partial charge in [0, 0.05) is 18.3 Å². The van der Waals surface area contributed by atoms with Crippen molar-refractivity contribution in [3.05, 3.63) is 47.0 Å². The number of rotatable bonds is 6. The zero-order valence-corrected chi connectivity index (χ0v) is 15.1. The molecule has 2 rings (SSSR count). The number of benzene rings is 1. The van der Waals surface area contributed by atoms with Crippen molar-refractivity contribution in [3.63, 3.8) is 0 Å². The van der Waals surface area contributed by atoms with Crippen molar-refractivity contribution in [1.82, 2.24) is 9.97 Å². The van der Waals surface area contributed by atoms with Gasteiger partial charge in [-0.1, -0.05) is 6.07 Å². The Labute approximate surface area is 150 Å². The van der Waals surface area contributed by atoms with E-state index in [0.29, 0.717) is 18.2 Å². The maximum absolute atomic E-state index is 14.2. The van der Waals surface area contributed by atoms with Gasteiger partial charge in [0.05, 0.1) is 11.3 Å². The lowest BCUT2D eigenvalue weighted by Gasteiger charge is -2.25. The van der Waals surface area contributed by atoms with Crippen LogP contribution in [0.4, 0.5) is 16.0 Å². The van der Waals surface area contributed by atoms with E-state index < -0.39 is 23.3 Å². The van der Waals surface area contributed by atoms with Crippen LogP contribution in [0.25, 0.3) is 0 Å². The first kappa shape index (κ1) is 19.3. The number of carboxylic acids is 1. The smallest absolute Gasteiger partial charge is 0.338 e. The number of hydrogen-bond acceptors (Lipinski definition) is 5. The van der Waals surface area contributed by atoms with E-state index in [1.807, 2.05) is 25.7 Å². The fourth-order valence-electron chi connectivity index (χ4n) is 2.52. The first-order valence-electron chi connectivity index (χ1n) is 8.20. The second-order valence-corrected chi connectivity index (χ2v) is 6.00. The van der Waals surface area contributed by atoms with E-state index in [4.69, 9.17) is 5.11 Å². The number of aryl methyl sites for hydroxylation is 1. The topological polar surface area (TPSA) is 95.4 Å². The molecule has 0 bridgehead atoms. The van der Waals surface area contributed by atoms with Gasteiger partial charge in [-0.15, -0.1) is 0 Å².